The second-order valence-corrected chi connectivity index (χ2v) is 5.53. The van der Waals surface area contributed by atoms with Crippen LogP contribution in [0.4, 0.5) is 0 Å². The van der Waals surface area contributed by atoms with Crippen LogP contribution in [0.2, 0.25) is 0 Å². The summed E-state index contributed by atoms with van der Waals surface area (Å²) in [6.45, 7) is 5.13. The van der Waals surface area contributed by atoms with E-state index in [4.69, 9.17) is 14.6 Å². The Hall–Kier alpha value is -2.12. The summed E-state index contributed by atoms with van der Waals surface area (Å²) < 4.78 is 11.0. The average molecular weight is 336 g/mol. The lowest BCUT2D eigenvalue weighted by molar-refractivity contribution is -0.143. The van der Waals surface area contributed by atoms with Crippen molar-refractivity contribution in [2.75, 3.05) is 32.9 Å². The Morgan fingerprint density at radius 1 is 1.38 bits per heavy atom. The first-order chi connectivity index (χ1) is 11.6. The number of ether oxygens (including phenoxy) is 2. The first kappa shape index (κ1) is 18.2. The predicted octanol–water partition coefficient (Wildman–Crippen LogP) is 0.877. The van der Waals surface area contributed by atoms with E-state index in [-0.39, 0.29) is 12.3 Å². The number of hydrogen-bond donors (Lipinski definition) is 2. The number of amides is 1. The molecular weight excluding hydrogens is 312 g/mol. The molecule has 1 unspecified atom stereocenters. The minimum Gasteiger partial charge on any atom is -0.491 e. The van der Waals surface area contributed by atoms with Gasteiger partial charge in [-0.25, -0.2) is 0 Å². The lowest BCUT2D eigenvalue weighted by Crippen LogP contribution is -2.55. The van der Waals surface area contributed by atoms with Crippen molar-refractivity contribution in [2.45, 2.75) is 25.9 Å². The first-order valence-electron chi connectivity index (χ1n) is 8.13. The van der Waals surface area contributed by atoms with Crippen LogP contribution < -0.4 is 10.1 Å². The van der Waals surface area contributed by atoms with E-state index in [2.05, 4.69) is 5.32 Å². The standard InChI is InChI=1S/C17H24N2O5/c1-2-23-9-10-24-15-6-4-3-5-13(15)12-19-8-7-18-17(22)14(19)11-16(20)21/h3-6,14H,2,7-12H2,1H3,(H,18,22)(H,20,21). The molecule has 1 atom stereocenters. The van der Waals surface area contributed by atoms with Crippen molar-refractivity contribution >= 4 is 11.9 Å². The van der Waals surface area contributed by atoms with E-state index in [0.717, 1.165) is 11.3 Å². The molecule has 0 bridgehead atoms. The lowest BCUT2D eigenvalue weighted by Gasteiger charge is -2.34. The van der Waals surface area contributed by atoms with Crippen molar-refractivity contribution in [3.63, 3.8) is 0 Å². The molecule has 0 aliphatic carbocycles. The number of carbonyl (C=O) groups is 2. The Kier molecular flexibility index (Phi) is 7.02. The van der Waals surface area contributed by atoms with Gasteiger partial charge in [0.2, 0.25) is 5.91 Å². The van der Waals surface area contributed by atoms with Gasteiger partial charge in [0.25, 0.3) is 0 Å². The number of carboxylic acids is 1. The maximum absolute atomic E-state index is 12.0. The molecule has 1 aliphatic rings. The molecule has 2 rings (SSSR count). The number of piperazine rings is 1. The van der Waals surface area contributed by atoms with Gasteiger partial charge in [-0.3, -0.25) is 14.5 Å². The van der Waals surface area contributed by atoms with Crippen LogP contribution in [0.1, 0.15) is 18.9 Å². The summed E-state index contributed by atoms with van der Waals surface area (Å²) in [4.78, 5) is 24.9. The second kappa shape index (κ2) is 9.24. The van der Waals surface area contributed by atoms with Gasteiger partial charge in [-0.1, -0.05) is 18.2 Å². The number of benzene rings is 1. The van der Waals surface area contributed by atoms with Gasteiger partial charge in [0.05, 0.1) is 13.0 Å². The second-order valence-electron chi connectivity index (χ2n) is 5.53. The van der Waals surface area contributed by atoms with Crippen molar-refractivity contribution in [2.24, 2.45) is 0 Å². The summed E-state index contributed by atoms with van der Waals surface area (Å²) in [5.74, 6) is -0.487. The van der Waals surface area contributed by atoms with E-state index < -0.39 is 12.0 Å². The third-order valence-electron chi connectivity index (χ3n) is 3.85. The van der Waals surface area contributed by atoms with Crippen molar-refractivity contribution < 1.29 is 24.2 Å². The summed E-state index contributed by atoms with van der Waals surface area (Å²) in [6, 6.07) is 6.93. The maximum Gasteiger partial charge on any atom is 0.305 e. The molecule has 1 aromatic rings. The molecule has 132 valence electrons. The topological polar surface area (TPSA) is 88.1 Å². The fourth-order valence-electron chi connectivity index (χ4n) is 2.69. The van der Waals surface area contributed by atoms with E-state index >= 15 is 0 Å². The van der Waals surface area contributed by atoms with E-state index in [1.807, 2.05) is 36.1 Å². The van der Waals surface area contributed by atoms with Gasteiger partial charge in [-0.2, -0.15) is 0 Å². The summed E-state index contributed by atoms with van der Waals surface area (Å²) in [5.41, 5.74) is 0.930. The van der Waals surface area contributed by atoms with Crippen molar-refractivity contribution in [3.8, 4) is 5.75 Å². The van der Waals surface area contributed by atoms with Crippen LogP contribution in [0.25, 0.3) is 0 Å². The molecule has 0 aromatic heterocycles. The van der Waals surface area contributed by atoms with Gasteiger partial charge in [0.15, 0.2) is 0 Å². The van der Waals surface area contributed by atoms with Gasteiger partial charge in [0, 0.05) is 31.8 Å². The Labute approximate surface area is 141 Å². The zero-order valence-corrected chi connectivity index (χ0v) is 13.9. The minimum atomic E-state index is -0.983. The molecule has 7 nitrogen and oxygen atoms in total. The van der Waals surface area contributed by atoms with Crippen LogP contribution in [0.15, 0.2) is 24.3 Å². The molecule has 2 N–H and O–H groups in total. The zero-order chi connectivity index (χ0) is 17.4. The molecule has 0 radical (unpaired) electrons. The average Bonchev–Trinajstić information content (AvgIpc) is 2.56. The molecule has 0 saturated carbocycles. The number of carboxylic acid groups (broad SMARTS) is 1. The summed E-state index contributed by atoms with van der Waals surface area (Å²) in [5, 5.41) is 11.8. The fraction of sp³-hybridized carbons (Fsp3) is 0.529. The third-order valence-corrected chi connectivity index (χ3v) is 3.85. The summed E-state index contributed by atoms with van der Waals surface area (Å²) in [7, 11) is 0. The molecule has 7 heteroatoms. The largest absolute Gasteiger partial charge is 0.491 e. The normalized spacial score (nSPS) is 18.2. The highest BCUT2D eigenvalue weighted by molar-refractivity contribution is 5.86. The van der Waals surface area contributed by atoms with Gasteiger partial charge in [-0.05, 0) is 13.0 Å². The number of nitrogens with zero attached hydrogens (tertiary/aromatic N) is 1. The quantitative estimate of drug-likeness (QED) is 0.651. The van der Waals surface area contributed by atoms with Crippen LogP contribution >= 0.6 is 0 Å². The minimum absolute atomic E-state index is 0.209. The first-order valence-corrected chi connectivity index (χ1v) is 8.13. The number of rotatable bonds is 9. The lowest BCUT2D eigenvalue weighted by atomic mass is 10.1. The van der Waals surface area contributed by atoms with E-state index in [1.165, 1.54) is 0 Å². The zero-order valence-electron chi connectivity index (χ0n) is 13.9. The predicted molar refractivity (Wildman–Crippen MR) is 87.9 cm³/mol. The highest BCUT2D eigenvalue weighted by Crippen LogP contribution is 2.22. The molecule has 1 heterocycles. The molecular formula is C17H24N2O5. The van der Waals surface area contributed by atoms with E-state index in [9.17, 15) is 9.59 Å². The molecule has 24 heavy (non-hydrogen) atoms. The third kappa shape index (κ3) is 5.21. The molecule has 1 fully saturated rings. The fourth-order valence-corrected chi connectivity index (χ4v) is 2.69. The van der Waals surface area contributed by atoms with Gasteiger partial charge >= 0.3 is 5.97 Å². The molecule has 1 amide bonds. The smallest absolute Gasteiger partial charge is 0.305 e. The number of nitrogens with one attached hydrogen (secondary N) is 1. The molecule has 1 aromatic carbocycles. The van der Waals surface area contributed by atoms with Crippen LogP contribution in [-0.2, 0) is 20.9 Å². The number of aliphatic carboxylic acids is 1. The van der Waals surface area contributed by atoms with Crippen LogP contribution in [-0.4, -0.2) is 60.8 Å². The Balaban J connectivity index is 2.05. The molecule has 1 aliphatic heterocycles. The van der Waals surface area contributed by atoms with E-state index in [0.29, 0.717) is 39.5 Å². The Morgan fingerprint density at radius 2 is 2.17 bits per heavy atom. The number of para-hydroxylation sites is 1. The summed E-state index contributed by atoms with van der Waals surface area (Å²) >= 11 is 0. The van der Waals surface area contributed by atoms with Crippen LogP contribution in [0, 0.1) is 0 Å². The van der Waals surface area contributed by atoms with Crippen LogP contribution in [0.5, 0.6) is 5.75 Å². The van der Waals surface area contributed by atoms with Gasteiger partial charge in [0.1, 0.15) is 18.4 Å². The van der Waals surface area contributed by atoms with Gasteiger partial charge < -0.3 is 19.9 Å². The Bertz CT molecular complexity index is 564. The molecule has 0 spiro atoms. The highest BCUT2D eigenvalue weighted by atomic mass is 16.5. The van der Waals surface area contributed by atoms with Crippen molar-refractivity contribution in [3.05, 3.63) is 29.8 Å². The van der Waals surface area contributed by atoms with Crippen LogP contribution in [0.3, 0.4) is 0 Å². The number of carbonyl (C=O) groups excluding carboxylic acids is 1. The van der Waals surface area contributed by atoms with E-state index in [1.54, 1.807) is 0 Å². The van der Waals surface area contributed by atoms with Crippen molar-refractivity contribution in [1.82, 2.24) is 10.2 Å². The maximum atomic E-state index is 12.0. The molecule has 1 saturated heterocycles. The highest BCUT2D eigenvalue weighted by Gasteiger charge is 2.31. The Morgan fingerprint density at radius 3 is 2.92 bits per heavy atom. The van der Waals surface area contributed by atoms with Gasteiger partial charge in [-0.15, -0.1) is 0 Å². The monoisotopic (exact) mass is 336 g/mol. The number of hydrogen-bond acceptors (Lipinski definition) is 5. The summed E-state index contributed by atoms with van der Waals surface area (Å²) in [6.07, 6.45) is -0.209. The van der Waals surface area contributed by atoms with Crippen molar-refractivity contribution in [1.29, 1.82) is 0 Å². The SMILES string of the molecule is CCOCCOc1ccccc1CN1CCNC(=O)C1CC(=O)O.